The zero-order valence-electron chi connectivity index (χ0n) is 18.5. The Hall–Kier alpha value is -3.78. The van der Waals surface area contributed by atoms with E-state index in [9.17, 15) is 4.79 Å². The molecule has 2 aromatic heterocycles. The second kappa shape index (κ2) is 9.38. The summed E-state index contributed by atoms with van der Waals surface area (Å²) in [5.41, 5.74) is 3.62. The molecule has 5 rings (SSSR count). The fourth-order valence-electron chi connectivity index (χ4n) is 4.16. The summed E-state index contributed by atoms with van der Waals surface area (Å²) in [6.45, 7) is 3.80. The molecule has 0 spiro atoms. The summed E-state index contributed by atoms with van der Waals surface area (Å²) in [6.07, 6.45) is 5.43. The van der Waals surface area contributed by atoms with Gasteiger partial charge in [-0.15, -0.1) is 0 Å². The van der Waals surface area contributed by atoms with Crippen LogP contribution in [0.2, 0.25) is 0 Å². The smallest absolute Gasteiger partial charge is 0.228 e. The number of nitrogens with zero attached hydrogens (tertiary/aromatic N) is 4. The highest BCUT2D eigenvalue weighted by Gasteiger charge is 2.21. The molecule has 0 aliphatic carbocycles. The van der Waals surface area contributed by atoms with Crippen molar-refractivity contribution in [3.05, 3.63) is 72.7 Å². The van der Waals surface area contributed by atoms with Crippen molar-refractivity contribution < 1.29 is 4.79 Å². The zero-order chi connectivity index (χ0) is 22.6. The van der Waals surface area contributed by atoms with E-state index in [4.69, 9.17) is 0 Å². The van der Waals surface area contributed by atoms with Crippen molar-refractivity contribution in [2.24, 2.45) is 5.92 Å². The number of imidazole rings is 1. The molecule has 2 atom stereocenters. The third-order valence-electron chi connectivity index (χ3n) is 6.02. The minimum Gasteiger partial charge on any atom is -0.348 e. The van der Waals surface area contributed by atoms with Crippen LogP contribution in [-0.4, -0.2) is 38.5 Å². The molecule has 3 heterocycles. The van der Waals surface area contributed by atoms with Gasteiger partial charge in [-0.05, 0) is 56.1 Å². The van der Waals surface area contributed by atoms with E-state index in [2.05, 4.69) is 50.0 Å². The lowest BCUT2D eigenvalue weighted by Crippen LogP contribution is -2.37. The Bertz CT molecular complexity index is 1250. The SMILES string of the molecule is CC(Nc1nccc(-n2cnc3cc(NC(=O)C4CCCNC4)ccc32)n1)c1ccccc1. The predicted molar refractivity (Wildman–Crippen MR) is 129 cm³/mol. The number of piperidine rings is 1. The van der Waals surface area contributed by atoms with Gasteiger partial charge in [-0.1, -0.05) is 30.3 Å². The first-order chi connectivity index (χ1) is 16.2. The van der Waals surface area contributed by atoms with E-state index in [1.54, 1.807) is 12.5 Å². The van der Waals surface area contributed by atoms with E-state index < -0.39 is 0 Å². The molecule has 4 aromatic rings. The van der Waals surface area contributed by atoms with Crippen LogP contribution in [0.5, 0.6) is 0 Å². The fourth-order valence-corrected chi connectivity index (χ4v) is 4.16. The van der Waals surface area contributed by atoms with Crippen LogP contribution in [0.15, 0.2) is 67.1 Å². The Labute approximate surface area is 192 Å². The van der Waals surface area contributed by atoms with Gasteiger partial charge in [0.05, 0.1) is 23.0 Å². The van der Waals surface area contributed by atoms with Gasteiger partial charge in [0.15, 0.2) is 0 Å². The predicted octanol–water partition coefficient (Wildman–Crippen LogP) is 3.93. The molecule has 3 N–H and O–H groups in total. The molecule has 1 fully saturated rings. The van der Waals surface area contributed by atoms with Crippen molar-refractivity contribution in [3.8, 4) is 5.82 Å². The third kappa shape index (κ3) is 4.70. The number of benzene rings is 2. The average Bonchev–Trinajstić information content (AvgIpc) is 3.28. The average molecular weight is 442 g/mol. The van der Waals surface area contributed by atoms with Gasteiger partial charge >= 0.3 is 0 Å². The second-order valence-electron chi connectivity index (χ2n) is 8.37. The molecule has 1 aliphatic heterocycles. The van der Waals surface area contributed by atoms with Gasteiger partial charge in [0.1, 0.15) is 12.1 Å². The van der Waals surface area contributed by atoms with Crippen molar-refractivity contribution >= 4 is 28.6 Å². The van der Waals surface area contributed by atoms with Crippen molar-refractivity contribution in [2.75, 3.05) is 23.7 Å². The molecule has 1 amide bonds. The monoisotopic (exact) mass is 441 g/mol. The van der Waals surface area contributed by atoms with Crippen molar-refractivity contribution in [1.82, 2.24) is 24.8 Å². The number of carbonyl (C=O) groups excluding carboxylic acids is 1. The number of aromatic nitrogens is 4. The maximum atomic E-state index is 12.6. The van der Waals surface area contributed by atoms with Gasteiger partial charge in [0.2, 0.25) is 11.9 Å². The van der Waals surface area contributed by atoms with E-state index in [0.29, 0.717) is 5.95 Å². The Morgan fingerprint density at radius 1 is 1.15 bits per heavy atom. The first-order valence-corrected chi connectivity index (χ1v) is 11.3. The Morgan fingerprint density at radius 2 is 2.03 bits per heavy atom. The van der Waals surface area contributed by atoms with E-state index in [-0.39, 0.29) is 17.9 Å². The van der Waals surface area contributed by atoms with Crippen LogP contribution in [0.1, 0.15) is 31.4 Å². The molecule has 8 nitrogen and oxygen atoms in total. The molecule has 2 unspecified atom stereocenters. The van der Waals surface area contributed by atoms with Crippen LogP contribution in [0.25, 0.3) is 16.9 Å². The summed E-state index contributed by atoms with van der Waals surface area (Å²) in [7, 11) is 0. The topological polar surface area (TPSA) is 96.8 Å². The summed E-state index contributed by atoms with van der Waals surface area (Å²) >= 11 is 0. The zero-order valence-corrected chi connectivity index (χ0v) is 18.5. The third-order valence-corrected chi connectivity index (χ3v) is 6.02. The number of amides is 1. The number of carbonyl (C=O) groups is 1. The largest absolute Gasteiger partial charge is 0.348 e. The number of anilines is 2. The van der Waals surface area contributed by atoms with E-state index in [1.807, 2.05) is 47.0 Å². The molecule has 1 saturated heterocycles. The Balaban J connectivity index is 1.34. The summed E-state index contributed by atoms with van der Waals surface area (Å²) < 4.78 is 1.92. The van der Waals surface area contributed by atoms with Crippen molar-refractivity contribution in [3.63, 3.8) is 0 Å². The van der Waals surface area contributed by atoms with Crippen LogP contribution in [0.3, 0.4) is 0 Å². The summed E-state index contributed by atoms with van der Waals surface area (Å²) in [5, 5.41) is 9.68. The number of hydrogen-bond donors (Lipinski definition) is 3. The minimum absolute atomic E-state index is 0.0113. The summed E-state index contributed by atoms with van der Waals surface area (Å²) in [4.78, 5) is 26.2. The number of hydrogen-bond acceptors (Lipinski definition) is 6. The molecule has 33 heavy (non-hydrogen) atoms. The van der Waals surface area contributed by atoms with E-state index in [1.165, 1.54) is 0 Å². The van der Waals surface area contributed by atoms with Crippen LogP contribution < -0.4 is 16.0 Å². The molecule has 0 bridgehead atoms. The highest BCUT2D eigenvalue weighted by molar-refractivity contribution is 5.94. The lowest BCUT2D eigenvalue weighted by Gasteiger charge is -2.21. The number of nitrogens with one attached hydrogen (secondary N) is 3. The highest BCUT2D eigenvalue weighted by atomic mass is 16.1. The van der Waals surface area contributed by atoms with Gasteiger partial charge in [-0.2, -0.15) is 4.98 Å². The molecule has 0 saturated carbocycles. The molecule has 0 radical (unpaired) electrons. The fraction of sp³-hybridized carbons (Fsp3) is 0.280. The lowest BCUT2D eigenvalue weighted by molar-refractivity contribution is -0.120. The second-order valence-corrected chi connectivity index (χ2v) is 8.37. The number of rotatable bonds is 6. The Kier molecular flexibility index (Phi) is 5.99. The minimum atomic E-state index is 0.0113. The van der Waals surface area contributed by atoms with Crippen LogP contribution in [0.4, 0.5) is 11.6 Å². The van der Waals surface area contributed by atoms with E-state index in [0.717, 1.165) is 54.0 Å². The molecule has 168 valence electrons. The quantitative estimate of drug-likeness (QED) is 0.420. The van der Waals surface area contributed by atoms with Gasteiger partial charge < -0.3 is 16.0 Å². The van der Waals surface area contributed by atoms with Gasteiger partial charge in [0, 0.05) is 18.4 Å². The normalized spacial score (nSPS) is 16.9. The summed E-state index contributed by atoms with van der Waals surface area (Å²) in [6, 6.07) is 17.9. The molecular weight excluding hydrogens is 414 g/mol. The van der Waals surface area contributed by atoms with Crippen LogP contribution in [0, 0.1) is 5.92 Å². The first kappa shape index (κ1) is 21.1. The molecular formula is C25H27N7O. The molecule has 1 aliphatic rings. The van der Waals surface area contributed by atoms with Crippen molar-refractivity contribution in [1.29, 1.82) is 0 Å². The maximum Gasteiger partial charge on any atom is 0.228 e. The highest BCUT2D eigenvalue weighted by Crippen LogP contribution is 2.23. The van der Waals surface area contributed by atoms with Gasteiger partial charge in [-0.3, -0.25) is 9.36 Å². The standard InChI is InChI=1S/C25H27N7O/c1-17(18-6-3-2-4-7-18)29-25-27-13-11-23(31-25)32-16-28-21-14-20(9-10-22(21)32)30-24(33)19-8-5-12-26-15-19/h2-4,6-7,9-11,13-14,16-17,19,26H,5,8,12,15H2,1H3,(H,30,33)(H,27,29,31). The summed E-state index contributed by atoms with van der Waals surface area (Å²) in [5.74, 6) is 1.34. The van der Waals surface area contributed by atoms with E-state index >= 15 is 0 Å². The van der Waals surface area contributed by atoms with Crippen LogP contribution in [-0.2, 0) is 4.79 Å². The van der Waals surface area contributed by atoms with Gasteiger partial charge in [0.25, 0.3) is 0 Å². The van der Waals surface area contributed by atoms with Crippen LogP contribution >= 0.6 is 0 Å². The Morgan fingerprint density at radius 3 is 2.85 bits per heavy atom. The number of fused-ring (bicyclic) bond motifs is 1. The molecule has 8 heteroatoms. The molecule has 2 aromatic carbocycles. The maximum absolute atomic E-state index is 12.6. The van der Waals surface area contributed by atoms with Crippen molar-refractivity contribution in [2.45, 2.75) is 25.8 Å². The lowest BCUT2D eigenvalue weighted by atomic mass is 9.99. The first-order valence-electron chi connectivity index (χ1n) is 11.3. The van der Waals surface area contributed by atoms with Gasteiger partial charge in [-0.25, -0.2) is 9.97 Å².